The molecule has 0 atom stereocenters. The lowest BCUT2D eigenvalue weighted by Gasteiger charge is -2.34. The summed E-state index contributed by atoms with van der Waals surface area (Å²) in [4.78, 5) is 20.5. The highest BCUT2D eigenvalue weighted by molar-refractivity contribution is 5.96. The zero-order chi connectivity index (χ0) is 29.6. The number of hydrogen-bond donors (Lipinski definition) is 0. The quantitative estimate of drug-likeness (QED) is 0.213. The van der Waals surface area contributed by atoms with Gasteiger partial charge in [-0.1, -0.05) is 106 Å². The summed E-state index contributed by atoms with van der Waals surface area (Å²) in [5.41, 5.74) is 5.05. The molecule has 3 aromatic carbocycles. The van der Waals surface area contributed by atoms with E-state index in [0.717, 1.165) is 83.2 Å². The minimum atomic E-state index is 0.290. The Morgan fingerprint density at radius 3 is 1.81 bits per heavy atom. The molecule has 0 spiro atoms. The topological polar surface area (TPSA) is 26.8 Å². The number of carbonyl (C=O) groups is 1. The van der Waals surface area contributed by atoms with Crippen LogP contribution >= 0.6 is 0 Å². The van der Waals surface area contributed by atoms with E-state index in [-0.39, 0.29) is 0 Å². The van der Waals surface area contributed by atoms with Crippen molar-refractivity contribution in [1.82, 2.24) is 14.7 Å². The second-order valence-corrected chi connectivity index (χ2v) is 11.8. The number of rotatable bonds is 12. The van der Waals surface area contributed by atoms with Crippen molar-refractivity contribution < 1.29 is 4.79 Å². The number of Topliss-reactive ketones (excluding diaryl/α,β-unsaturated/α-hetero) is 1. The maximum atomic E-state index is 12.8. The average molecular weight is 568 g/mol. The van der Waals surface area contributed by atoms with Crippen molar-refractivity contribution >= 4 is 5.78 Å². The molecule has 5 rings (SSSR count). The van der Waals surface area contributed by atoms with Crippen LogP contribution in [0.4, 0.5) is 0 Å². The molecule has 2 aliphatic rings. The number of benzene rings is 3. The molecule has 0 unspecified atom stereocenters. The molecular weight excluding hydrogens is 514 g/mol. The first-order valence-corrected chi connectivity index (χ1v) is 16.6. The first-order valence-electron chi connectivity index (χ1n) is 16.6. The van der Waals surface area contributed by atoms with Crippen LogP contribution in [0.1, 0.15) is 79.4 Å². The van der Waals surface area contributed by atoms with E-state index in [1.165, 1.54) is 29.5 Å². The van der Waals surface area contributed by atoms with E-state index in [1.54, 1.807) is 0 Å². The zero-order valence-electron chi connectivity index (χ0n) is 26.4. The third kappa shape index (κ3) is 9.62. The molecule has 4 nitrogen and oxygen atoms in total. The van der Waals surface area contributed by atoms with Gasteiger partial charge in [0.1, 0.15) is 0 Å². The van der Waals surface area contributed by atoms with Crippen molar-refractivity contribution in [2.24, 2.45) is 5.92 Å². The fraction of sp³-hybridized carbons (Fsp3) is 0.500. The summed E-state index contributed by atoms with van der Waals surface area (Å²) < 4.78 is 0. The average Bonchev–Trinajstić information content (AvgIpc) is 3.07. The van der Waals surface area contributed by atoms with Gasteiger partial charge in [0.25, 0.3) is 0 Å². The standard InChI is InChI=1S/C36H47N3O.C2H6/c1-2-37-24-26-38(27-25-37)21-9-14-36(40)34-17-15-30(16-18-34)28-31-19-22-39(23-20-31)29-35(32-10-5-3-6-11-32)33-12-7-4-8-13-33;1-2/h3-8,10-13,15-18,31,35H,2,9,14,19-29H2,1H3;1-2H3. The van der Waals surface area contributed by atoms with Crippen LogP contribution in [0.5, 0.6) is 0 Å². The summed E-state index contributed by atoms with van der Waals surface area (Å²) in [7, 11) is 0. The van der Waals surface area contributed by atoms with Crippen molar-refractivity contribution in [1.29, 1.82) is 0 Å². The van der Waals surface area contributed by atoms with Gasteiger partial charge in [0.15, 0.2) is 5.78 Å². The van der Waals surface area contributed by atoms with Crippen LogP contribution in [0.3, 0.4) is 0 Å². The first kappa shape index (κ1) is 32.1. The molecule has 42 heavy (non-hydrogen) atoms. The summed E-state index contributed by atoms with van der Waals surface area (Å²) >= 11 is 0. The number of likely N-dealkylation sites (tertiary alicyclic amines) is 1. The Kier molecular flexibility index (Phi) is 13.3. The molecule has 0 radical (unpaired) electrons. The molecule has 0 saturated carbocycles. The van der Waals surface area contributed by atoms with Gasteiger partial charge in [-0.25, -0.2) is 0 Å². The Morgan fingerprint density at radius 2 is 1.26 bits per heavy atom. The van der Waals surface area contributed by atoms with Crippen molar-refractivity contribution in [3.8, 4) is 0 Å². The number of piperidine rings is 1. The highest BCUT2D eigenvalue weighted by Gasteiger charge is 2.24. The lowest BCUT2D eigenvalue weighted by Crippen LogP contribution is -2.46. The lowest BCUT2D eigenvalue weighted by atomic mass is 9.87. The fourth-order valence-electron chi connectivity index (χ4n) is 6.50. The van der Waals surface area contributed by atoms with E-state index >= 15 is 0 Å². The number of carbonyl (C=O) groups excluding carboxylic acids is 1. The van der Waals surface area contributed by atoms with E-state index < -0.39 is 0 Å². The van der Waals surface area contributed by atoms with Crippen LogP contribution in [-0.2, 0) is 6.42 Å². The molecule has 0 amide bonds. The predicted molar refractivity (Wildman–Crippen MR) is 178 cm³/mol. The number of nitrogens with zero attached hydrogens (tertiary/aromatic N) is 3. The Bertz CT molecular complexity index is 1110. The predicted octanol–water partition coefficient (Wildman–Crippen LogP) is 7.40. The van der Waals surface area contributed by atoms with Crippen LogP contribution in [0, 0.1) is 5.92 Å². The fourth-order valence-corrected chi connectivity index (χ4v) is 6.50. The normalized spacial score (nSPS) is 17.1. The Hall–Kier alpha value is -2.79. The number of hydrogen-bond acceptors (Lipinski definition) is 4. The SMILES string of the molecule is CC.CCN1CCN(CCCC(=O)c2ccc(CC3CCN(CC(c4ccccc4)c4ccccc4)CC3)cc2)CC1. The smallest absolute Gasteiger partial charge is 0.162 e. The van der Waals surface area contributed by atoms with Crippen LogP contribution in [-0.4, -0.2) is 79.4 Å². The summed E-state index contributed by atoms with van der Waals surface area (Å²) in [5, 5.41) is 0. The molecule has 0 N–H and O–H groups in total. The largest absolute Gasteiger partial charge is 0.302 e. The van der Waals surface area contributed by atoms with Crippen LogP contribution in [0.25, 0.3) is 0 Å². The van der Waals surface area contributed by atoms with Gasteiger partial charge in [0, 0.05) is 50.6 Å². The molecule has 3 aromatic rings. The molecule has 2 aliphatic heterocycles. The van der Waals surface area contributed by atoms with Gasteiger partial charge >= 0.3 is 0 Å². The third-order valence-corrected chi connectivity index (χ3v) is 9.14. The van der Waals surface area contributed by atoms with Gasteiger partial charge < -0.3 is 14.7 Å². The Balaban J connectivity index is 0.00000198. The minimum Gasteiger partial charge on any atom is -0.302 e. The Morgan fingerprint density at radius 1 is 0.714 bits per heavy atom. The molecule has 4 heteroatoms. The van der Waals surface area contributed by atoms with Gasteiger partial charge in [-0.2, -0.15) is 0 Å². The second kappa shape index (κ2) is 17.4. The second-order valence-electron chi connectivity index (χ2n) is 11.8. The molecule has 2 heterocycles. The Labute approximate surface area is 255 Å². The molecule has 226 valence electrons. The van der Waals surface area contributed by atoms with Crippen molar-refractivity contribution in [2.75, 3.05) is 58.9 Å². The lowest BCUT2D eigenvalue weighted by molar-refractivity contribution is 0.0963. The third-order valence-electron chi connectivity index (χ3n) is 9.14. The van der Waals surface area contributed by atoms with Crippen LogP contribution in [0.15, 0.2) is 84.9 Å². The van der Waals surface area contributed by atoms with E-state index in [9.17, 15) is 4.79 Å². The first-order chi connectivity index (χ1) is 20.7. The summed E-state index contributed by atoms with van der Waals surface area (Å²) in [6, 6.07) is 30.5. The number of piperazine rings is 1. The van der Waals surface area contributed by atoms with Crippen LogP contribution in [0.2, 0.25) is 0 Å². The van der Waals surface area contributed by atoms with Crippen molar-refractivity contribution in [3.63, 3.8) is 0 Å². The highest BCUT2D eigenvalue weighted by atomic mass is 16.1. The minimum absolute atomic E-state index is 0.290. The van der Waals surface area contributed by atoms with Crippen molar-refractivity contribution in [2.45, 2.75) is 58.8 Å². The molecule has 0 aromatic heterocycles. The van der Waals surface area contributed by atoms with Gasteiger partial charge in [-0.15, -0.1) is 0 Å². The molecule has 0 aliphatic carbocycles. The molecule has 0 bridgehead atoms. The van der Waals surface area contributed by atoms with E-state index in [1.807, 2.05) is 13.8 Å². The van der Waals surface area contributed by atoms with Gasteiger partial charge in [-0.3, -0.25) is 4.79 Å². The summed E-state index contributed by atoms with van der Waals surface area (Å²) in [6.07, 6.45) is 5.21. The zero-order valence-corrected chi connectivity index (χ0v) is 26.4. The monoisotopic (exact) mass is 567 g/mol. The molecule has 2 fully saturated rings. The van der Waals surface area contributed by atoms with Crippen LogP contribution < -0.4 is 0 Å². The molecular formula is C38H53N3O. The van der Waals surface area contributed by atoms with E-state index in [0.29, 0.717) is 18.1 Å². The van der Waals surface area contributed by atoms with Gasteiger partial charge in [-0.05, 0) is 74.5 Å². The van der Waals surface area contributed by atoms with E-state index in [2.05, 4.69) is 107 Å². The number of ketones is 1. The summed E-state index contributed by atoms with van der Waals surface area (Å²) in [6.45, 7) is 16.4. The maximum Gasteiger partial charge on any atom is 0.162 e. The van der Waals surface area contributed by atoms with Crippen molar-refractivity contribution in [3.05, 3.63) is 107 Å². The summed E-state index contributed by atoms with van der Waals surface area (Å²) in [5.74, 6) is 1.42. The van der Waals surface area contributed by atoms with Gasteiger partial charge in [0.2, 0.25) is 0 Å². The van der Waals surface area contributed by atoms with E-state index in [4.69, 9.17) is 0 Å². The highest BCUT2D eigenvalue weighted by Crippen LogP contribution is 2.29. The molecule has 2 saturated heterocycles. The van der Waals surface area contributed by atoms with Gasteiger partial charge in [0.05, 0.1) is 0 Å². The maximum absolute atomic E-state index is 12.8. The number of likely N-dealkylation sites (N-methyl/N-ethyl adjacent to an activating group) is 1.